The van der Waals surface area contributed by atoms with Gasteiger partial charge in [-0.05, 0) is 30.5 Å². The maximum atomic E-state index is 13.4. The van der Waals surface area contributed by atoms with Crippen molar-refractivity contribution >= 4 is 17.6 Å². The average molecular weight is 333 g/mol. The average Bonchev–Trinajstić information content (AvgIpc) is 3.03. The number of carbonyl (C=O) groups excluding carboxylic acids is 2. The lowest BCUT2D eigenvalue weighted by molar-refractivity contribution is -0.117. The number of anilines is 1. The van der Waals surface area contributed by atoms with Gasteiger partial charge in [0.05, 0.1) is 0 Å². The minimum absolute atomic E-state index is 0.144. The highest BCUT2D eigenvalue weighted by molar-refractivity contribution is 5.99. The van der Waals surface area contributed by atoms with Crippen LogP contribution in [0.1, 0.15) is 30.6 Å². The fourth-order valence-electron chi connectivity index (χ4n) is 2.10. The number of halogens is 1. The molecule has 0 aliphatic rings. The first kappa shape index (κ1) is 17.7. The fourth-order valence-corrected chi connectivity index (χ4v) is 2.10. The minimum Gasteiger partial charge on any atom is -0.363 e. The first-order chi connectivity index (χ1) is 11.5. The summed E-state index contributed by atoms with van der Waals surface area (Å²) in [5.74, 6) is -0.618. The number of aromatic nitrogens is 1. The van der Waals surface area contributed by atoms with E-state index in [9.17, 15) is 14.0 Å². The molecule has 6 nitrogen and oxygen atoms in total. The molecule has 0 atom stereocenters. The Morgan fingerprint density at radius 1 is 1.33 bits per heavy atom. The topological polar surface area (TPSA) is 75.4 Å². The summed E-state index contributed by atoms with van der Waals surface area (Å²) in [6.07, 6.45) is 2.07. The van der Waals surface area contributed by atoms with Gasteiger partial charge in [0.25, 0.3) is 5.91 Å². The van der Waals surface area contributed by atoms with Crippen molar-refractivity contribution in [2.45, 2.75) is 20.3 Å². The molecule has 0 bridgehead atoms. The smallest absolute Gasteiger partial charge is 0.254 e. The molecule has 2 amide bonds. The number of rotatable bonds is 7. The molecule has 0 fully saturated rings. The summed E-state index contributed by atoms with van der Waals surface area (Å²) in [6.45, 7) is 4.31. The third-order valence-electron chi connectivity index (χ3n) is 3.37. The number of hydrogen-bond acceptors (Lipinski definition) is 4. The lowest BCUT2D eigenvalue weighted by Gasteiger charge is -2.23. The first-order valence-electron chi connectivity index (χ1n) is 7.71. The lowest BCUT2D eigenvalue weighted by Crippen LogP contribution is -2.39. The Morgan fingerprint density at radius 2 is 2.12 bits per heavy atom. The second kappa shape index (κ2) is 8.24. The van der Waals surface area contributed by atoms with Crippen LogP contribution in [0.2, 0.25) is 0 Å². The second-order valence-corrected chi connectivity index (χ2v) is 5.85. The SMILES string of the molecule is CC(C)CCN(CC(=O)Nc1ccon1)C(=O)c1cccc(F)c1. The van der Waals surface area contributed by atoms with Gasteiger partial charge in [0.1, 0.15) is 18.6 Å². The summed E-state index contributed by atoms with van der Waals surface area (Å²) in [5.41, 5.74) is 0.216. The molecule has 0 saturated heterocycles. The largest absolute Gasteiger partial charge is 0.363 e. The van der Waals surface area contributed by atoms with Crippen molar-refractivity contribution in [1.29, 1.82) is 0 Å². The molecule has 0 unspecified atom stereocenters. The van der Waals surface area contributed by atoms with Gasteiger partial charge in [-0.2, -0.15) is 0 Å². The summed E-state index contributed by atoms with van der Waals surface area (Å²) in [6, 6.07) is 6.94. The van der Waals surface area contributed by atoms with Crippen LogP contribution in [0.3, 0.4) is 0 Å². The summed E-state index contributed by atoms with van der Waals surface area (Å²) in [5, 5.41) is 6.14. The maximum Gasteiger partial charge on any atom is 0.254 e. The van der Waals surface area contributed by atoms with E-state index in [-0.39, 0.29) is 23.8 Å². The van der Waals surface area contributed by atoms with Gasteiger partial charge >= 0.3 is 0 Å². The summed E-state index contributed by atoms with van der Waals surface area (Å²) in [4.78, 5) is 26.1. The molecule has 1 aromatic heterocycles. The van der Waals surface area contributed by atoms with E-state index in [1.165, 1.54) is 41.5 Å². The van der Waals surface area contributed by atoms with Gasteiger partial charge in [0.2, 0.25) is 5.91 Å². The number of amides is 2. The highest BCUT2D eigenvalue weighted by atomic mass is 19.1. The standard InChI is InChI=1S/C17H20FN3O3/c1-12(2)6-8-21(11-16(22)19-15-7-9-24-20-15)17(23)13-4-3-5-14(18)10-13/h3-5,7,9-10,12H,6,8,11H2,1-2H3,(H,19,20,22). The van der Waals surface area contributed by atoms with E-state index in [1.807, 2.05) is 13.8 Å². The zero-order valence-corrected chi connectivity index (χ0v) is 13.7. The van der Waals surface area contributed by atoms with Crippen LogP contribution in [-0.2, 0) is 4.79 Å². The third-order valence-corrected chi connectivity index (χ3v) is 3.37. The van der Waals surface area contributed by atoms with E-state index in [0.29, 0.717) is 12.5 Å². The zero-order valence-electron chi connectivity index (χ0n) is 13.7. The summed E-state index contributed by atoms with van der Waals surface area (Å²) < 4.78 is 18.0. The van der Waals surface area contributed by atoms with E-state index in [0.717, 1.165) is 6.42 Å². The van der Waals surface area contributed by atoms with Crippen LogP contribution >= 0.6 is 0 Å². The van der Waals surface area contributed by atoms with E-state index >= 15 is 0 Å². The Kier molecular flexibility index (Phi) is 6.06. The van der Waals surface area contributed by atoms with E-state index in [4.69, 9.17) is 0 Å². The molecule has 0 radical (unpaired) electrons. The quantitative estimate of drug-likeness (QED) is 0.845. The van der Waals surface area contributed by atoms with Crippen molar-refractivity contribution < 1.29 is 18.5 Å². The van der Waals surface area contributed by atoms with Crippen LogP contribution in [0, 0.1) is 11.7 Å². The Labute approximate surface area is 139 Å². The molecular weight excluding hydrogens is 313 g/mol. The van der Waals surface area contributed by atoms with Gasteiger partial charge in [-0.15, -0.1) is 0 Å². The monoisotopic (exact) mass is 333 g/mol. The van der Waals surface area contributed by atoms with Crippen LogP contribution in [0.5, 0.6) is 0 Å². The molecule has 1 aromatic carbocycles. The summed E-state index contributed by atoms with van der Waals surface area (Å²) in [7, 11) is 0. The van der Waals surface area contributed by atoms with Crippen molar-refractivity contribution in [1.82, 2.24) is 10.1 Å². The first-order valence-corrected chi connectivity index (χ1v) is 7.71. The Hall–Kier alpha value is -2.70. The van der Waals surface area contributed by atoms with Crippen LogP contribution in [0.15, 0.2) is 41.1 Å². The van der Waals surface area contributed by atoms with Crippen molar-refractivity contribution in [2.24, 2.45) is 5.92 Å². The van der Waals surface area contributed by atoms with Gasteiger partial charge < -0.3 is 14.7 Å². The molecule has 1 heterocycles. The van der Waals surface area contributed by atoms with Gasteiger partial charge in [-0.25, -0.2) is 4.39 Å². The van der Waals surface area contributed by atoms with E-state index in [2.05, 4.69) is 15.0 Å². The molecule has 0 aliphatic heterocycles. The highest BCUT2D eigenvalue weighted by Gasteiger charge is 2.20. The molecule has 7 heteroatoms. The number of benzene rings is 1. The van der Waals surface area contributed by atoms with Crippen LogP contribution in [0.4, 0.5) is 10.2 Å². The maximum absolute atomic E-state index is 13.4. The predicted molar refractivity (Wildman–Crippen MR) is 86.9 cm³/mol. The van der Waals surface area contributed by atoms with Crippen molar-refractivity contribution in [2.75, 3.05) is 18.4 Å². The molecule has 0 saturated carbocycles. The second-order valence-electron chi connectivity index (χ2n) is 5.85. The molecule has 0 aliphatic carbocycles. The zero-order chi connectivity index (χ0) is 17.5. The molecule has 128 valence electrons. The molecule has 24 heavy (non-hydrogen) atoms. The van der Waals surface area contributed by atoms with Gasteiger partial charge in [-0.1, -0.05) is 25.1 Å². The summed E-state index contributed by atoms with van der Waals surface area (Å²) >= 11 is 0. The Morgan fingerprint density at radius 3 is 2.75 bits per heavy atom. The van der Waals surface area contributed by atoms with Gasteiger partial charge in [-0.3, -0.25) is 9.59 Å². The van der Waals surface area contributed by atoms with Crippen molar-refractivity contribution in [3.05, 3.63) is 48.0 Å². The van der Waals surface area contributed by atoms with Gasteiger partial charge in [0.15, 0.2) is 5.82 Å². The lowest BCUT2D eigenvalue weighted by atomic mass is 10.1. The highest BCUT2D eigenvalue weighted by Crippen LogP contribution is 2.11. The Balaban J connectivity index is 2.08. The van der Waals surface area contributed by atoms with Crippen LogP contribution < -0.4 is 5.32 Å². The predicted octanol–water partition coefficient (Wildman–Crippen LogP) is 2.94. The Bertz CT molecular complexity index is 686. The third kappa shape index (κ3) is 5.19. The molecular formula is C17H20FN3O3. The van der Waals surface area contributed by atoms with Crippen molar-refractivity contribution in [3.8, 4) is 0 Å². The molecule has 0 spiro atoms. The molecule has 2 rings (SSSR count). The number of nitrogens with zero attached hydrogens (tertiary/aromatic N) is 2. The molecule has 1 N–H and O–H groups in total. The number of hydrogen-bond donors (Lipinski definition) is 1. The van der Waals surface area contributed by atoms with E-state index < -0.39 is 11.7 Å². The number of carbonyl (C=O) groups is 2. The van der Waals surface area contributed by atoms with Crippen LogP contribution in [-0.4, -0.2) is 35.0 Å². The van der Waals surface area contributed by atoms with Crippen molar-refractivity contribution in [3.63, 3.8) is 0 Å². The minimum atomic E-state index is -0.489. The van der Waals surface area contributed by atoms with E-state index in [1.54, 1.807) is 0 Å². The fraction of sp³-hybridized carbons (Fsp3) is 0.353. The van der Waals surface area contributed by atoms with Crippen LogP contribution in [0.25, 0.3) is 0 Å². The number of nitrogens with one attached hydrogen (secondary N) is 1. The molecule has 2 aromatic rings. The normalized spacial score (nSPS) is 10.7. The van der Waals surface area contributed by atoms with Gasteiger partial charge in [0, 0.05) is 18.2 Å².